The van der Waals surface area contributed by atoms with E-state index in [0.29, 0.717) is 18.7 Å². The molecule has 1 N–H and O–H groups in total. The second kappa shape index (κ2) is 7.46. The summed E-state index contributed by atoms with van der Waals surface area (Å²) in [5, 5.41) is 9.25. The van der Waals surface area contributed by atoms with E-state index in [1.54, 1.807) is 0 Å². The van der Waals surface area contributed by atoms with Crippen LogP contribution < -0.4 is 4.74 Å². The Morgan fingerprint density at radius 2 is 1.96 bits per heavy atom. The fourth-order valence-corrected chi connectivity index (χ4v) is 3.08. The van der Waals surface area contributed by atoms with Crippen molar-refractivity contribution in [3.63, 3.8) is 0 Å². The monoisotopic (exact) mass is 321 g/mol. The van der Waals surface area contributed by atoms with Gasteiger partial charge in [0.2, 0.25) is 0 Å². The van der Waals surface area contributed by atoms with Crippen LogP contribution in [0.3, 0.4) is 0 Å². The van der Waals surface area contributed by atoms with Crippen LogP contribution in [0.2, 0.25) is 0 Å². The van der Waals surface area contributed by atoms with Crippen LogP contribution in [0, 0.1) is 13.8 Å². The highest BCUT2D eigenvalue weighted by molar-refractivity contribution is 5.73. The van der Waals surface area contributed by atoms with Gasteiger partial charge in [-0.05, 0) is 49.9 Å². The van der Waals surface area contributed by atoms with E-state index in [1.807, 2.05) is 30.9 Å². The summed E-state index contributed by atoms with van der Waals surface area (Å²) in [6.45, 7) is 5.12. The van der Waals surface area contributed by atoms with Crippen LogP contribution in [0.4, 0.5) is 0 Å². The number of benzene rings is 1. The highest BCUT2D eigenvalue weighted by Crippen LogP contribution is 2.27. The Morgan fingerprint density at radius 3 is 2.52 bits per heavy atom. The molecule has 1 saturated heterocycles. The molecule has 126 valence electrons. The van der Waals surface area contributed by atoms with Crippen molar-refractivity contribution in [2.24, 2.45) is 0 Å². The quantitative estimate of drug-likeness (QED) is 0.807. The summed E-state index contributed by atoms with van der Waals surface area (Å²) >= 11 is 0. The molecule has 1 aromatic carbocycles. The lowest BCUT2D eigenvalue weighted by molar-refractivity contribution is -0.143. The molecule has 0 amide bonds. The van der Waals surface area contributed by atoms with Gasteiger partial charge in [0.05, 0.1) is 7.11 Å². The molecular weight excluding hydrogens is 298 g/mol. The summed E-state index contributed by atoms with van der Waals surface area (Å²) in [6.07, 6.45) is 1.61. The highest BCUT2D eigenvalue weighted by atomic mass is 16.6. The molecule has 1 atom stereocenters. The van der Waals surface area contributed by atoms with E-state index in [1.165, 1.54) is 7.11 Å². The number of methoxy groups -OCH3 is 1. The van der Waals surface area contributed by atoms with Crippen LogP contribution in [0.5, 0.6) is 5.75 Å². The van der Waals surface area contributed by atoms with Crippen molar-refractivity contribution >= 4 is 11.9 Å². The van der Waals surface area contributed by atoms with Gasteiger partial charge in [0.25, 0.3) is 0 Å². The predicted molar refractivity (Wildman–Crippen MR) is 84.5 cm³/mol. The Labute approximate surface area is 136 Å². The van der Waals surface area contributed by atoms with E-state index < -0.39 is 18.0 Å². The molecule has 0 saturated carbocycles. The van der Waals surface area contributed by atoms with Gasteiger partial charge in [-0.2, -0.15) is 0 Å². The summed E-state index contributed by atoms with van der Waals surface area (Å²) in [6, 6.07) is 3.57. The van der Waals surface area contributed by atoms with Gasteiger partial charge < -0.3 is 14.6 Å². The van der Waals surface area contributed by atoms with E-state index in [9.17, 15) is 14.7 Å². The molecule has 2 rings (SSSR count). The number of rotatable bonds is 6. The number of carboxylic acid groups (broad SMARTS) is 1. The Morgan fingerprint density at radius 1 is 1.30 bits per heavy atom. The molecule has 1 aliphatic heterocycles. The maximum Gasteiger partial charge on any atom is 0.343 e. The first-order chi connectivity index (χ1) is 10.9. The number of nitrogens with zero attached hydrogens (tertiary/aromatic N) is 1. The Kier molecular flexibility index (Phi) is 5.60. The minimum Gasteiger partial charge on any atom is -0.481 e. The number of hydrogen-bond donors (Lipinski definition) is 1. The normalized spacial score (nSPS) is 18.0. The van der Waals surface area contributed by atoms with Crippen LogP contribution >= 0.6 is 0 Å². The lowest BCUT2D eigenvalue weighted by Crippen LogP contribution is -2.35. The van der Waals surface area contributed by atoms with Gasteiger partial charge in [-0.25, -0.2) is 4.79 Å². The first kappa shape index (κ1) is 17.3. The molecule has 0 aliphatic carbocycles. The van der Waals surface area contributed by atoms with Crippen molar-refractivity contribution in [3.05, 3.63) is 28.8 Å². The third-order valence-electron chi connectivity index (χ3n) is 4.12. The molecule has 6 heteroatoms. The SMILES string of the molecule is COC(=O)COc1c(C)cc(CN2CCCC2C(=O)O)cc1C. The zero-order valence-electron chi connectivity index (χ0n) is 13.8. The summed E-state index contributed by atoms with van der Waals surface area (Å²) in [5.74, 6) is -0.501. The average Bonchev–Trinajstić information content (AvgIpc) is 2.94. The van der Waals surface area contributed by atoms with Gasteiger partial charge in [0.1, 0.15) is 11.8 Å². The Bertz CT molecular complexity index is 576. The minimum absolute atomic E-state index is 0.120. The van der Waals surface area contributed by atoms with Crippen LogP contribution in [-0.2, 0) is 20.9 Å². The number of aryl methyl sites for hydroxylation is 2. The van der Waals surface area contributed by atoms with E-state index in [-0.39, 0.29) is 6.61 Å². The molecule has 1 aromatic rings. The van der Waals surface area contributed by atoms with Crippen molar-refractivity contribution in [2.75, 3.05) is 20.3 Å². The molecule has 1 unspecified atom stereocenters. The smallest absolute Gasteiger partial charge is 0.343 e. The van der Waals surface area contributed by atoms with E-state index >= 15 is 0 Å². The zero-order chi connectivity index (χ0) is 17.0. The van der Waals surface area contributed by atoms with Gasteiger partial charge in [0.15, 0.2) is 6.61 Å². The van der Waals surface area contributed by atoms with Gasteiger partial charge in [-0.15, -0.1) is 0 Å². The number of hydrogen-bond acceptors (Lipinski definition) is 5. The third kappa shape index (κ3) is 4.22. The maximum atomic E-state index is 11.3. The molecule has 0 spiro atoms. The molecule has 0 radical (unpaired) electrons. The van der Waals surface area contributed by atoms with Crippen molar-refractivity contribution in [3.8, 4) is 5.75 Å². The lowest BCUT2D eigenvalue weighted by atomic mass is 10.0. The molecule has 23 heavy (non-hydrogen) atoms. The van der Waals surface area contributed by atoms with E-state index in [0.717, 1.165) is 29.7 Å². The summed E-state index contributed by atoms with van der Waals surface area (Å²) in [7, 11) is 1.32. The summed E-state index contributed by atoms with van der Waals surface area (Å²) in [4.78, 5) is 24.4. The minimum atomic E-state index is -0.756. The van der Waals surface area contributed by atoms with E-state index in [2.05, 4.69) is 4.74 Å². The van der Waals surface area contributed by atoms with Crippen LogP contribution in [0.15, 0.2) is 12.1 Å². The van der Waals surface area contributed by atoms with Gasteiger partial charge in [-0.3, -0.25) is 9.69 Å². The van der Waals surface area contributed by atoms with Gasteiger partial charge in [0, 0.05) is 6.54 Å². The fourth-order valence-electron chi connectivity index (χ4n) is 3.08. The summed E-state index contributed by atoms with van der Waals surface area (Å²) < 4.78 is 10.1. The fraction of sp³-hybridized carbons (Fsp3) is 0.529. The Hall–Kier alpha value is -2.08. The maximum absolute atomic E-state index is 11.3. The van der Waals surface area contributed by atoms with Crippen LogP contribution in [0.1, 0.15) is 29.5 Å². The number of likely N-dealkylation sites (tertiary alicyclic amines) is 1. The van der Waals surface area contributed by atoms with Gasteiger partial charge >= 0.3 is 11.9 Å². The molecule has 1 heterocycles. The second-order valence-electron chi connectivity index (χ2n) is 5.89. The first-order valence-electron chi connectivity index (χ1n) is 7.69. The molecule has 0 bridgehead atoms. The zero-order valence-corrected chi connectivity index (χ0v) is 13.8. The molecule has 0 aromatic heterocycles. The number of carbonyl (C=O) groups is 2. The second-order valence-corrected chi connectivity index (χ2v) is 5.89. The number of carbonyl (C=O) groups excluding carboxylic acids is 1. The average molecular weight is 321 g/mol. The number of carboxylic acids is 1. The van der Waals surface area contributed by atoms with Crippen LogP contribution in [-0.4, -0.2) is 48.2 Å². The molecular formula is C17H23NO5. The molecule has 1 aliphatic rings. The number of ether oxygens (including phenoxy) is 2. The van der Waals surface area contributed by atoms with Crippen molar-refractivity contribution < 1.29 is 24.2 Å². The van der Waals surface area contributed by atoms with Gasteiger partial charge in [-0.1, -0.05) is 12.1 Å². The lowest BCUT2D eigenvalue weighted by Gasteiger charge is -2.22. The van der Waals surface area contributed by atoms with E-state index in [4.69, 9.17) is 4.74 Å². The predicted octanol–water partition coefficient (Wildman–Crippen LogP) is 1.90. The highest BCUT2D eigenvalue weighted by Gasteiger charge is 2.30. The number of esters is 1. The summed E-state index contributed by atoms with van der Waals surface area (Å²) in [5.41, 5.74) is 2.91. The van der Waals surface area contributed by atoms with Crippen molar-refractivity contribution in [2.45, 2.75) is 39.3 Å². The Balaban J connectivity index is 2.10. The molecule has 1 fully saturated rings. The first-order valence-corrected chi connectivity index (χ1v) is 7.69. The van der Waals surface area contributed by atoms with Crippen molar-refractivity contribution in [1.82, 2.24) is 4.90 Å². The van der Waals surface area contributed by atoms with Crippen molar-refractivity contribution in [1.29, 1.82) is 0 Å². The topological polar surface area (TPSA) is 76.1 Å². The van der Waals surface area contributed by atoms with Crippen LogP contribution in [0.25, 0.3) is 0 Å². The molecule has 6 nitrogen and oxygen atoms in total. The number of aliphatic carboxylic acids is 1. The largest absolute Gasteiger partial charge is 0.481 e. The standard InChI is InChI=1S/C17H23NO5/c1-11-7-13(9-18-6-4-5-14(18)17(20)21)8-12(2)16(11)23-10-15(19)22-3/h7-8,14H,4-6,9-10H2,1-3H3,(H,20,21). The third-order valence-corrected chi connectivity index (χ3v) is 4.12.